The molecule has 2 atom stereocenters. The molecule has 0 radical (unpaired) electrons. The molecule has 17 heavy (non-hydrogen) atoms. The lowest BCUT2D eigenvalue weighted by atomic mass is 10.1. The Morgan fingerprint density at radius 1 is 1.53 bits per heavy atom. The van der Waals surface area contributed by atoms with E-state index in [4.69, 9.17) is 10.4 Å². The van der Waals surface area contributed by atoms with E-state index in [2.05, 4.69) is 10.3 Å². The normalized spacial score (nSPS) is 23.0. The number of anilines is 1. The molecule has 0 aromatic carbocycles. The summed E-state index contributed by atoms with van der Waals surface area (Å²) in [5, 5.41) is 20.7. The van der Waals surface area contributed by atoms with Crippen LogP contribution < -0.4 is 5.32 Å². The number of carbonyl (C=O) groups is 1. The van der Waals surface area contributed by atoms with Gasteiger partial charge in [-0.25, -0.2) is 4.98 Å². The number of rotatable bonds is 3. The number of aromatic nitrogens is 1. The minimum atomic E-state index is -0.716. The zero-order valence-electron chi connectivity index (χ0n) is 9.26. The van der Waals surface area contributed by atoms with Crippen molar-refractivity contribution >= 4 is 11.7 Å². The summed E-state index contributed by atoms with van der Waals surface area (Å²) in [6.07, 6.45) is 3.83. The highest BCUT2D eigenvalue weighted by Crippen LogP contribution is 2.28. The Labute approximate surface area is 99.1 Å². The molecular weight excluding hydrogens is 218 g/mol. The molecule has 0 bridgehead atoms. The zero-order valence-corrected chi connectivity index (χ0v) is 9.26. The summed E-state index contributed by atoms with van der Waals surface area (Å²) in [5.41, 5.74) is 1.21. The number of aliphatic carboxylic acids is 1. The van der Waals surface area contributed by atoms with Gasteiger partial charge in [0, 0.05) is 6.04 Å². The minimum absolute atomic E-state index is 0.186. The summed E-state index contributed by atoms with van der Waals surface area (Å²) in [6.45, 7) is 0. The van der Waals surface area contributed by atoms with Gasteiger partial charge in [-0.05, 0) is 31.4 Å². The number of hydrogen-bond donors (Lipinski definition) is 2. The zero-order chi connectivity index (χ0) is 12.3. The number of pyridine rings is 1. The number of carboxylic acids is 1. The maximum atomic E-state index is 10.8. The first-order valence-corrected chi connectivity index (χ1v) is 5.54. The number of nitrogens with one attached hydrogen (secondary N) is 1. The Morgan fingerprint density at radius 2 is 2.35 bits per heavy atom. The van der Waals surface area contributed by atoms with E-state index in [1.807, 2.05) is 6.07 Å². The fourth-order valence-corrected chi connectivity index (χ4v) is 2.12. The van der Waals surface area contributed by atoms with E-state index in [1.54, 1.807) is 18.3 Å². The lowest BCUT2D eigenvalue weighted by Gasteiger charge is -2.13. The monoisotopic (exact) mass is 231 g/mol. The number of hydrogen-bond acceptors (Lipinski definition) is 4. The smallest absolute Gasteiger partial charge is 0.306 e. The molecule has 1 saturated carbocycles. The molecule has 1 aromatic heterocycles. The number of nitriles is 1. The van der Waals surface area contributed by atoms with Crippen molar-refractivity contribution < 1.29 is 9.90 Å². The first kappa shape index (κ1) is 11.4. The Kier molecular flexibility index (Phi) is 3.24. The molecule has 1 aliphatic rings. The maximum Gasteiger partial charge on any atom is 0.306 e. The van der Waals surface area contributed by atoms with Gasteiger partial charge in [-0.1, -0.05) is 0 Å². The van der Waals surface area contributed by atoms with Crippen LogP contribution in [0.2, 0.25) is 0 Å². The summed E-state index contributed by atoms with van der Waals surface area (Å²) in [5.74, 6) is -0.953. The summed E-state index contributed by atoms with van der Waals surface area (Å²) in [6, 6.07) is 5.58. The van der Waals surface area contributed by atoms with Crippen LogP contribution in [-0.2, 0) is 4.79 Å². The lowest BCUT2D eigenvalue weighted by Crippen LogP contribution is -2.17. The second-order valence-corrected chi connectivity index (χ2v) is 4.23. The standard InChI is InChI=1S/C12H13N3O2/c13-6-10-3-4-11(7-14-10)15-9-2-1-8(5-9)12(16)17/h3-4,7-9,15H,1-2,5H2,(H,16,17). The van der Waals surface area contributed by atoms with Gasteiger partial charge >= 0.3 is 5.97 Å². The topological polar surface area (TPSA) is 86.0 Å². The molecule has 1 aliphatic carbocycles. The fraction of sp³-hybridized carbons (Fsp3) is 0.417. The molecule has 1 fully saturated rings. The molecule has 88 valence electrons. The second kappa shape index (κ2) is 4.83. The van der Waals surface area contributed by atoms with Crippen molar-refractivity contribution in [1.29, 1.82) is 5.26 Å². The first-order chi connectivity index (χ1) is 8.19. The molecule has 1 aromatic rings. The van der Waals surface area contributed by atoms with Crippen LogP contribution in [-0.4, -0.2) is 22.1 Å². The molecule has 1 heterocycles. The van der Waals surface area contributed by atoms with Gasteiger partial charge in [-0.3, -0.25) is 4.79 Å². The highest BCUT2D eigenvalue weighted by molar-refractivity contribution is 5.70. The lowest BCUT2D eigenvalue weighted by molar-refractivity contribution is -0.141. The van der Waals surface area contributed by atoms with Crippen molar-refractivity contribution in [1.82, 2.24) is 4.98 Å². The van der Waals surface area contributed by atoms with Crippen molar-refractivity contribution in [3.05, 3.63) is 24.0 Å². The van der Waals surface area contributed by atoms with E-state index in [9.17, 15) is 4.79 Å². The molecule has 2 unspecified atom stereocenters. The van der Waals surface area contributed by atoms with Crippen molar-refractivity contribution in [2.75, 3.05) is 5.32 Å². The third kappa shape index (κ3) is 2.72. The molecule has 2 N–H and O–H groups in total. The Morgan fingerprint density at radius 3 is 2.88 bits per heavy atom. The molecule has 0 amide bonds. The van der Waals surface area contributed by atoms with Gasteiger partial charge in [-0.2, -0.15) is 5.26 Å². The van der Waals surface area contributed by atoms with Crippen molar-refractivity contribution in [3.8, 4) is 6.07 Å². The third-order valence-electron chi connectivity index (χ3n) is 3.03. The fourth-order valence-electron chi connectivity index (χ4n) is 2.12. The van der Waals surface area contributed by atoms with Crippen LogP contribution in [0.15, 0.2) is 18.3 Å². The van der Waals surface area contributed by atoms with E-state index < -0.39 is 5.97 Å². The largest absolute Gasteiger partial charge is 0.481 e. The third-order valence-corrected chi connectivity index (χ3v) is 3.03. The predicted molar refractivity (Wildman–Crippen MR) is 61.3 cm³/mol. The van der Waals surface area contributed by atoms with Crippen molar-refractivity contribution in [2.45, 2.75) is 25.3 Å². The molecular formula is C12H13N3O2. The second-order valence-electron chi connectivity index (χ2n) is 4.23. The van der Waals surface area contributed by atoms with E-state index in [1.165, 1.54) is 0 Å². The Bertz CT molecular complexity index is 450. The minimum Gasteiger partial charge on any atom is -0.481 e. The molecule has 5 heteroatoms. The van der Waals surface area contributed by atoms with Gasteiger partial charge in [0.25, 0.3) is 0 Å². The molecule has 0 spiro atoms. The first-order valence-electron chi connectivity index (χ1n) is 5.54. The van der Waals surface area contributed by atoms with Gasteiger partial charge in [0.05, 0.1) is 17.8 Å². The summed E-state index contributed by atoms with van der Waals surface area (Å²) in [7, 11) is 0. The Hall–Kier alpha value is -2.09. The molecule has 5 nitrogen and oxygen atoms in total. The summed E-state index contributed by atoms with van der Waals surface area (Å²) in [4.78, 5) is 14.8. The van der Waals surface area contributed by atoms with Crippen LogP contribution in [0.25, 0.3) is 0 Å². The van der Waals surface area contributed by atoms with Crippen molar-refractivity contribution in [2.24, 2.45) is 5.92 Å². The quantitative estimate of drug-likeness (QED) is 0.825. The van der Waals surface area contributed by atoms with Gasteiger partial charge in [0.1, 0.15) is 11.8 Å². The maximum absolute atomic E-state index is 10.8. The van der Waals surface area contributed by atoms with Gasteiger partial charge in [0.15, 0.2) is 0 Å². The molecule has 2 rings (SSSR count). The number of carboxylic acid groups (broad SMARTS) is 1. The van der Waals surface area contributed by atoms with Crippen LogP contribution in [0.1, 0.15) is 25.0 Å². The van der Waals surface area contributed by atoms with Gasteiger partial charge in [0.2, 0.25) is 0 Å². The van der Waals surface area contributed by atoms with E-state index in [0.29, 0.717) is 12.1 Å². The van der Waals surface area contributed by atoms with E-state index in [-0.39, 0.29) is 12.0 Å². The Balaban J connectivity index is 1.94. The summed E-state index contributed by atoms with van der Waals surface area (Å²) >= 11 is 0. The SMILES string of the molecule is N#Cc1ccc(NC2CCC(C(=O)O)C2)cn1. The van der Waals surface area contributed by atoms with E-state index in [0.717, 1.165) is 18.5 Å². The summed E-state index contributed by atoms with van der Waals surface area (Å²) < 4.78 is 0. The molecule has 0 saturated heterocycles. The molecule has 0 aliphatic heterocycles. The van der Waals surface area contributed by atoms with Crippen LogP contribution >= 0.6 is 0 Å². The van der Waals surface area contributed by atoms with Crippen molar-refractivity contribution in [3.63, 3.8) is 0 Å². The van der Waals surface area contributed by atoms with Crippen LogP contribution in [0.4, 0.5) is 5.69 Å². The van der Waals surface area contributed by atoms with Gasteiger partial charge < -0.3 is 10.4 Å². The predicted octanol–water partition coefficient (Wildman–Crippen LogP) is 1.62. The average Bonchev–Trinajstić information content (AvgIpc) is 2.79. The highest BCUT2D eigenvalue weighted by Gasteiger charge is 2.29. The highest BCUT2D eigenvalue weighted by atomic mass is 16.4. The van der Waals surface area contributed by atoms with E-state index >= 15 is 0 Å². The average molecular weight is 231 g/mol. The van der Waals surface area contributed by atoms with Gasteiger partial charge in [-0.15, -0.1) is 0 Å². The number of nitrogens with zero attached hydrogens (tertiary/aromatic N) is 2. The van der Waals surface area contributed by atoms with Crippen LogP contribution in [0.5, 0.6) is 0 Å². The van der Waals surface area contributed by atoms with Crippen LogP contribution in [0.3, 0.4) is 0 Å². The van der Waals surface area contributed by atoms with Crippen LogP contribution in [0, 0.1) is 17.2 Å².